The molecule has 0 aromatic rings. The van der Waals surface area contributed by atoms with Crippen LogP contribution in [0.15, 0.2) is 0 Å². The second-order valence-corrected chi connectivity index (χ2v) is 7.04. The van der Waals surface area contributed by atoms with Crippen molar-refractivity contribution in [2.24, 2.45) is 5.92 Å². The van der Waals surface area contributed by atoms with E-state index >= 15 is 0 Å². The Bertz CT molecular complexity index is 251. The molecule has 0 saturated carbocycles. The molecule has 0 atom stereocenters. The minimum Gasteiger partial charge on any atom is -0.298 e. The lowest BCUT2D eigenvalue weighted by molar-refractivity contribution is -0.269. The average Bonchev–Trinajstić information content (AvgIpc) is 2.52. The first-order valence-corrected chi connectivity index (χ1v) is 9.99. The normalized spacial score (nSPS) is 11.1. The molecule has 0 heterocycles. The van der Waals surface area contributed by atoms with E-state index < -0.39 is 0 Å². The van der Waals surface area contributed by atoms with Gasteiger partial charge in [-0.05, 0) is 19.3 Å². The van der Waals surface area contributed by atoms with Crippen molar-refractivity contribution < 1.29 is 14.6 Å². The molecule has 0 bridgehead atoms. The van der Waals surface area contributed by atoms with Gasteiger partial charge in [0.15, 0.2) is 0 Å². The van der Waals surface area contributed by atoms with E-state index in [9.17, 15) is 4.79 Å². The van der Waals surface area contributed by atoms with Crippen LogP contribution in [-0.4, -0.2) is 12.6 Å². The summed E-state index contributed by atoms with van der Waals surface area (Å²) in [5, 5.41) is 0. The Morgan fingerprint density at radius 2 is 1.17 bits per heavy atom. The largest absolute Gasteiger partial charge is 0.342 e. The predicted octanol–water partition coefficient (Wildman–Crippen LogP) is 6.60. The van der Waals surface area contributed by atoms with Crippen LogP contribution < -0.4 is 0 Å². The van der Waals surface area contributed by atoms with Crippen molar-refractivity contribution in [1.29, 1.82) is 0 Å². The molecular formula is C20H40O3. The van der Waals surface area contributed by atoms with Gasteiger partial charge in [-0.3, -0.25) is 4.89 Å². The van der Waals surface area contributed by atoms with Gasteiger partial charge < -0.3 is 0 Å². The van der Waals surface area contributed by atoms with E-state index in [1.165, 1.54) is 70.6 Å². The Morgan fingerprint density at radius 1 is 0.739 bits per heavy atom. The molecule has 3 nitrogen and oxygen atoms in total. The summed E-state index contributed by atoms with van der Waals surface area (Å²) in [6, 6.07) is 0. The highest BCUT2D eigenvalue weighted by molar-refractivity contribution is 5.68. The van der Waals surface area contributed by atoms with E-state index in [0.717, 1.165) is 18.8 Å². The summed E-state index contributed by atoms with van der Waals surface area (Å²) in [4.78, 5) is 20.4. The summed E-state index contributed by atoms with van der Waals surface area (Å²) in [6.07, 6.45) is 17.6. The van der Waals surface area contributed by atoms with Gasteiger partial charge in [-0.15, -0.1) is 0 Å². The summed E-state index contributed by atoms with van der Waals surface area (Å²) < 4.78 is 0. The zero-order valence-electron chi connectivity index (χ0n) is 15.9. The van der Waals surface area contributed by atoms with Crippen molar-refractivity contribution in [3.8, 4) is 0 Å². The third-order valence-electron chi connectivity index (χ3n) is 4.18. The topological polar surface area (TPSA) is 35.5 Å². The molecule has 0 aliphatic heterocycles. The number of rotatable bonds is 17. The zero-order valence-corrected chi connectivity index (χ0v) is 15.9. The molecule has 0 radical (unpaired) electrons. The van der Waals surface area contributed by atoms with Crippen LogP contribution in [0.2, 0.25) is 0 Å². The molecule has 23 heavy (non-hydrogen) atoms. The minimum absolute atomic E-state index is 0.236. The Kier molecular flexibility index (Phi) is 17.3. The average molecular weight is 329 g/mol. The van der Waals surface area contributed by atoms with E-state index in [4.69, 9.17) is 0 Å². The van der Waals surface area contributed by atoms with Crippen LogP contribution in [0.4, 0.5) is 0 Å². The fourth-order valence-corrected chi connectivity index (χ4v) is 2.76. The van der Waals surface area contributed by atoms with Crippen LogP contribution in [0.25, 0.3) is 0 Å². The third-order valence-corrected chi connectivity index (χ3v) is 4.18. The van der Waals surface area contributed by atoms with Gasteiger partial charge in [0.1, 0.15) is 0 Å². The first-order chi connectivity index (χ1) is 11.2. The fourth-order valence-electron chi connectivity index (χ4n) is 2.76. The zero-order chi connectivity index (χ0) is 17.2. The third kappa shape index (κ3) is 19.4. The van der Waals surface area contributed by atoms with Crippen LogP contribution in [0, 0.1) is 5.92 Å². The number of carbonyl (C=O) groups is 1. The van der Waals surface area contributed by atoms with Crippen LogP contribution in [0.1, 0.15) is 111 Å². The van der Waals surface area contributed by atoms with Crippen LogP contribution >= 0.6 is 0 Å². The fraction of sp³-hybridized carbons (Fsp3) is 0.950. The Labute approximate surface area is 144 Å². The molecular weight excluding hydrogens is 288 g/mol. The maximum absolute atomic E-state index is 11.2. The second kappa shape index (κ2) is 17.8. The number of unbranched alkanes of at least 4 members (excludes halogenated alkanes) is 11. The van der Waals surface area contributed by atoms with Crippen molar-refractivity contribution >= 4 is 5.97 Å². The summed E-state index contributed by atoms with van der Waals surface area (Å²) in [6.45, 7) is 6.85. The van der Waals surface area contributed by atoms with Crippen molar-refractivity contribution in [1.82, 2.24) is 0 Å². The lowest BCUT2D eigenvalue weighted by Gasteiger charge is -2.05. The van der Waals surface area contributed by atoms with Crippen LogP contribution in [-0.2, 0) is 14.6 Å². The maximum Gasteiger partial charge on any atom is 0.342 e. The van der Waals surface area contributed by atoms with Gasteiger partial charge >= 0.3 is 5.97 Å². The van der Waals surface area contributed by atoms with Gasteiger partial charge in [-0.2, -0.15) is 4.89 Å². The van der Waals surface area contributed by atoms with E-state index in [2.05, 4.69) is 23.6 Å². The summed E-state index contributed by atoms with van der Waals surface area (Å²) in [7, 11) is 0. The Morgan fingerprint density at radius 3 is 1.61 bits per heavy atom. The van der Waals surface area contributed by atoms with Gasteiger partial charge in [-0.25, -0.2) is 4.79 Å². The number of carbonyl (C=O) groups excluding carboxylic acids is 1. The van der Waals surface area contributed by atoms with Gasteiger partial charge in [-0.1, -0.05) is 90.9 Å². The smallest absolute Gasteiger partial charge is 0.298 e. The SMILES string of the molecule is CCOOC(=O)CCCCCCCCCCCCCCC(C)C. The molecule has 0 N–H and O–H groups in total. The highest BCUT2D eigenvalue weighted by Gasteiger charge is 2.02. The molecule has 138 valence electrons. The lowest BCUT2D eigenvalue weighted by Crippen LogP contribution is -2.04. The lowest BCUT2D eigenvalue weighted by atomic mass is 10.0. The molecule has 0 fully saturated rings. The van der Waals surface area contributed by atoms with E-state index in [0.29, 0.717) is 13.0 Å². The second-order valence-electron chi connectivity index (χ2n) is 7.04. The molecule has 0 aliphatic rings. The van der Waals surface area contributed by atoms with Crippen molar-refractivity contribution in [2.75, 3.05) is 6.61 Å². The maximum atomic E-state index is 11.2. The molecule has 0 aromatic heterocycles. The van der Waals surface area contributed by atoms with Gasteiger partial charge in [0.2, 0.25) is 0 Å². The monoisotopic (exact) mass is 328 g/mol. The van der Waals surface area contributed by atoms with Gasteiger partial charge in [0.25, 0.3) is 0 Å². The standard InChI is InChI=1S/C20H40O3/c1-4-22-23-20(21)18-16-14-12-10-8-6-5-7-9-11-13-15-17-19(2)3/h19H,4-18H2,1-3H3. The van der Waals surface area contributed by atoms with Crippen molar-refractivity contribution in [3.63, 3.8) is 0 Å². The molecule has 0 spiro atoms. The Hall–Kier alpha value is -0.570. The molecule has 0 unspecified atom stereocenters. The number of hydrogen-bond donors (Lipinski definition) is 0. The van der Waals surface area contributed by atoms with Gasteiger partial charge in [0.05, 0.1) is 6.61 Å². The van der Waals surface area contributed by atoms with Gasteiger partial charge in [0, 0.05) is 6.42 Å². The van der Waals surface area contributed by atoms with Crippen molar-refractivity contribution in [2.45, 2.75) is 111 Å². The molecule has 0 aliphatic carbocycles. The molecule has 0 rings (SSSR count). The highest BCUT2D eigenvalue weighted by atomic mass is 17.2. The highest BCUT2D eigenvalue weighted by Crippen LogP contribution is 2.14. The van der Waals surface area contributed by atoms with Crippen molar-refractivity contribution in [3.05, 3.63) is 0 Å². The van der Waals surface area contributed by atoms with E-state index in [1.54, 1.807) is 6.92 Å². The number of hydrogen-bond acceptors (Lipinski definition) is 3. The first-order valence-electron chi connectivity index (χ1n) is 9.99. The molecule has 0 saturated heterocycles. The van der Waals surface area contributed by atoms with E-state index in [-0.39, 0.29) is 5.97 Å². The van der Waals surface area contributed by atoms with Crippen LogP contribution in [0.3, 0.4) is 0 Å². The molecule has 0 aromatic carbocycles. The summed E-state index contributed by atoms with van der Waals surface area (Å²) in [5.74, 6) is 0.630. The molecule has 3 heteroatoms. The summed E-state index contributed by atoms with van der Waals surface area (Å²) in [5.41, 5.74) is 0. The van der Waals surface area contributed by atoms with E-state index in [1.807, 2.05) is 0 Å². The van der Waals surface area contributed by atoms with Crippen LogP contribution in [0.5, 0.6) is 0 Å². The Balaban J connectivity index is 3.06. The summed E-state index contributed by atoms with van der Waals surface area (Å²) >= 11 is 0. The first kappa shape index (κ1) is 22.4. The quantitative estimate of drug-likeness (QED) is 0.171. The molecule has 0 amide bonds. The predicted molar refractivity (Wildman–Crippen MR) is 97.2 cm³/mol. The minimum atomic E-state index is -0.236.